The van der Waals surface area contributed by atoms with Crippen LogP contribution in [0.2, 0.25) is 0 Å². The molecule has 26 heavy (non-hydrogen) atoms. The summed E-state index contributed by atoms with van der Waals surface area (Å²) in [5.74, 6) is -2.29. The molecule has 7 heteroatoms. The Balaban J connectivity index is 2.40. The molecule has 1 heterocycles. The van der Waals surface area contributed by atoms with Crippen molar-refractivity contribution in [3.63, 3.8) is 0 Å². The maximum absolute atomic E-state index is 13.6. The highest BCUT2D eigenvalue weighted by Gasteiger charge is 2.25. The molecule has 0 amide bonds. The van der Waals surface area contributed by atoms with Gasteiger partial charge in [0.2, 0.25) is 15.3 Å². The second-order valence-electron chi connectivity index (χ2n) is 6.22. The number of halogens is 2. The molecule has 0 radical (unpaired) electrons. The second-order valence-corrected chi connectivity index (χ2v) is 8.14. The van der Waals surface area contributed by atoms with E-state index in [0.717, 1.165) is 23.3 Å². The van der Waals surface area contributed by atoms with Crippen molar-refractivity contribution in [2.45, 2.75) is 37.1 Å². The summed E-state index contributed by atoms with van der Waals surface area (Å²) in [6, 6.07) is 6.44. The zero-order valence-corrected chi connectivity index (χ0v) is 15.3. The maximum atomic E-state index is 13.6. The summed E-state index contributed by atoms with van der Waals surface area (Å²) in [5.41, 5.74) is 0.792. The molecule has 3 aromatic rings. The van der Waals surface area contributed by atoms with Crippen LogP contribution in [0.3, 0.4) is 0 Å². The van der Waals surface area contributed by atoms with Crippen LogP contribution >= 0.6 is 0 Å². The summed E-state index contributed by atoms with van der Waals surface area (Å²) >= 11 is 0. The van der Waals surface area contributed by atoms with Gasteiger partial charge in [0.25, 0.3) is 0 Å². The van der Waals surface area contributed by atoms with Crippen molar-refractivity contribution in [1.82, 2.24) is 4.57 Å². The number of nitrogens with zero attached hydrogens (tertiary/aromatic N) is 1. The van der Waals surface area contributed by atoms with Crippen LogP contribution in [-0.4, -0.2) is 13.0 Å². The topological polar surface area (TPSA) is 56.1 Å². The lowest BCUT2D eigenvalue weighted by molar-refractivity contribution is 0.510. The third-order valence-corrected chi connectivity index (χ3v) is 5.95. The molecule has 136 valence electrons. The van der Waals surface area contributed by atoms with Crippen LogP contribution in [0.4, 0.5) is 8.78 Å². The molecule has 0 spiro atoms. The minimum Gasteiger partial charge on any atom is -0.346 e. The van der Waals surface area contributed by atoms with E-state index in [1.807, 2.05) is 6.07 Å². The highest BCUT2D eigenvalue weighted by Crippen LogP contribution is 2.24. The molecule has 0 N–H and O–H groups in total. The molecule has 0 aliphatic carbocycles. The van der Waals surface area contributed by atoms with E-state index >= 15 is 0 Å². The molecule has 4 nitrogen and oxygen atoms in total. The smallest absolute Gasteiger partial charge is 0.211 e. The van der Waals surface area contributed by atoms with Crippen molar-refractivity contribution in [3.8, 4) is 0 Å². The van der Waals surface area contributed by atoms with Gasteiger partial charge in [0.1, 0.15) is 4.90 Å². The normalized spacial score (nSPS) is 11.9. The number of benzene rings is 2. The summed E-state index contributed by atoms with van der Waals surface area (Å²) < 4.78 is 54.7. The summed E-state index contributed by atoms with van der Waals surface area (Å²) in [6.07, 6.45) is 1.19. The van der Waals surface area contributed by atoms with E-state index in [9.17, 15) is 22.0 Å². The third kappa shape index (κ3) is 2.92. The van der Waals surface area contributed by atoms with Crippen molar-refractivity contribution in [2.75, 3.05) is 0 Å². The molecule has 0 atom stereocenters. The van der Waals surface area contributed by atoms with Gasteiger partial charge in [-0.2, -0.15) is 0 Å². The monoisotopic (exact) mass is 377 g/mol. The number of hydrogen-bond donors (Lipinski definition) is 0. The van der Waals surface area contributed by atoms with E-state index in [1.165, 1.54) is 22.9 Å². The summed E-state index contributed by atoms with van der Waals surface area (Å²) in [7, 11) is -4.11. The van der Waals surface area contributed by atoms with Crippen molar-refractivity contribution < 1.29 is 17.2 Å². The molecule has 0 aliphatic heterocycles. The highest BCUT2D eigenvalue weighted by molar-refractivity contribution is 7.91. The van der Waals surface area contributed by atoms with Gasteiger partial charge in [-0.15, -0.1) is 0 Å². The van der Waals surface area contributed by atoms with Gasteiger partial charge in [0.05, 0.1) is 15.8 Å². The molecule has 0 aliphatic rings. The first kappa shape index (κ1) is 18.3. The van der Waals surface area contributed by atoms with E-state index in [1.54, 1.807) is 20.8 Å². The zero-order chi connectivity index (χ0) is 19.2. The third-order valence-electron chi connectivity index (χ3n) is 4.23. The Morgan fingerprint density at radius 1 is 0.962 bits per heavy atom. The van der Waals surface area contributed by atoms with Gasteiger partial charge in [0.15, 0.2) is 11.6 Å². The molecule has 0 bridgehead atoms. The molecule has 0 unspecified atom stereocenters. The number of aryl methyl sites for hydroxylation is 3. The zero-order valence-electron chi connectivity index (χ0n) is 14.5. The van der Waals surface area contributed by atoms with Crippen LogP contribution in [-0.2, 0) is 16.4 Å². The van der Waals surface area contributed by atoms with Crippen molar-refractivity contribution in [1.29, 1.82) is 0 Å². The van der Waals surface area contributed by atoms with Gasteiger partial charge in [-0.05, 0) is 50.1 Å². The first-order valence-corrected chi connectivity index (χ1v) is 9.49. The Hall–Kier alpha value is -2.54. The van der Waals surface area contributed by atoms with E-state index in [2.05, 4.69) is 0 Å². The molecule has 0 saturated carbocycles. The maximum Gasteiger partial charge on any atom is 0.211 e. The number of hydrogen-bond acceptors (Lipinski definition) is 3. The van der Waals surface area contributed by atoms with E-state index in [4.69, 9.17) is 0 Å². The first-order valence-electron chi connectivity index (χ1n) is 8.00. The largest absolute Gasteiger partial charge is 0.346 e. The van der Waals surface area contributed by atoms with Crippen molar-refractivity contribution >= 4 is 20.7 Å². The van der Waals surface area contributed by atoms with Crippen molar-refractivity contribution in [3.05, 3.63) is 69.5 Å². The van der Waals surface area contributed by atoms with E-state index in [0.29, 0.717) is 0 Å². The van der Waals surface area contributed by atoms with Gasteiger partial charge in [-0.25, -0.2) is 17.2 Å². The lowest BCUT2D eigenvalue weighted by Crippen LogP contribution is -2.19. The summed E-state index contributed by atoms with van der Waals surface area (Å²) in [4.78, 5) is 12.3. The molecular weight excluding hydrogens is 360 g/mol. The van der Waals surface area contributed by atoms with Gasteiger partial charge < -0.3 is 4.57 Å². The molecule has 1 aromatic heterocycles. The fraction of sp³-hybridized carbons (Fsp3) is 0.211. The van der Waals surface area contributed by atoms with Gasteiger partial charge in [-0.3, -0.25) is 4.79 Å². The number of rotatable bonds is 3. The number of fused-ring (bicyclic) bond motifs is 1. The SMILES string of the molecule is CCn1cc(S(=O)(=O)c2cc(C)cc(C)c2)c(=O)c2cc(F)c(F)cc21. The predicted molar refractivity (Wildman–Crippen MR) is 95.2 cm³/mol. The minimum atomic E-state index is -4.11. The van der Waals surface area contributed by atoms with Crippen LogP contribution in [0.15, 0.2) is 51.1 Å². The average Bonchev–Trinajstić information content (AvgIpc) is 2.56. The highest BCUT2D eigenvalue weighted by atomic mass is 32.2. The molecule has 2 aromatic carbocycles. The molecule has 0 saturated heterocycles. The predicted octanol–water partition coefficient (Wildman–Crippen LogP) is 3.75. The van der Waals surface area contributed by atoms with E-state index < -0.39 is 31.8 Å². The second kappa shape index (κ2) is 6.32. The summed E-state index contributed by atoms with van der Waals surface area (Å²) in [5, 5.41) is -0.170. The average molecular weight is 377 g/mol. The quantitative estimate of drug-likeness (QED) is 0.699. The van der Waals surface area contributed by atoms with Crippen molar-refractivity contribution in [2.24, 2.45) is 0 Å². The van der Waals surface area contributed by atoms with Crippen LogP contribution in [0, 0.1) is 25.5 Å². The Bertz CT molecular complexity index is 1180. The molecule has 3 rings (SSSR count). The van der Waals surface area contributed by atoms with Crippen LogP contribution in [0.5, 0.6) is 0 Å². The van der Waals surface area contributed by atoms with Crippen LogP contribution in [0.25, 0.3) is 10.9 Å². The van der Waals surface area contributed by atoms with Gasteiger partial charge >= 0.3 is 0 Å². The first-order chi connectivity index (χ1) is 12.1. The summed E-state index contributed by atoms with van der Waals surface area (Å²) in [6.45, 7) is 5.53. The number of sulfone groups is 1. The van der Waals surface area contributed by atoms with Gasteiger partial charge in [0, 0.05) is 18.8 Å². The van der Waals surface area contributed by atoms with Crippen LogP contribution in [0.1, 0.15) is 18.1 Å². The fourth-order valence-electron chi connectivity index (χ4n) is 3.03. The number of pyridine rings is 1. The minimum absolute atomic E-state index is 0.00307. The standard InChI is InChI=1S/C19H17F2NO3S/c1-4-22-10-18(19(23)14-8-15(20)16(21)9-17(14)22)26(24,25)13-6-11(2)5-12(3)7-13/h5-10H,4H2,1-3H3. The number of aromatic nitrogens is 1. The lowest BCUT2D eigenvalue weighted by atomic mass is 10.2. The van der Waals surface area contributed by atoms with Gasteiger partial charge in [-0.1, -0.05) is 6.07 Å². The fourth-order valence-corrected chi connectivity index (χ4v) is 4.58. The van der Waals surface area contributed by atoms with Crippen LogP contribution < -0.4 is 5.43 Å². The lowest BCUT2D eigenvalue weighted by Gasteiger charge is -2.13. The Kier molecular flexibility index (Phi) is 4.44. The molecule has 0 fully saturated rings. The van der Waals surface area contributed by atoms with E-state index in [-0.39, 0.29) is 22.3 Å². The Morgan fingerprint density at radius 3 is 2.12 bits per heavy atom. The molecular formula is C19H17F2NO3S. The Morgan fingerprint density at radius 2 is 1.54 bits per heavy atom. The Labute approximate surface area is 149 Å².